The summed E-state index contributed by atoms with van der Waals surface area (Å²) in [4.78, 5) is 22.0. The van der Waals surface area contributed by atoms with Crippen LogP contribution in [-0.2, 0) is 14.3 Å². The van der Waals surface area contributed by atoms with E-state index in [1.807, 2.05) is 0 Å². The van der Waals surface area contributed by atoms with E-state index in [4.69, 9.17) is 4.11 Å². The van der Waals surface area contributed by atoms with E-state index < -0.39 is 24.2 Å². The Bertz CT molecular complexity index is 248. The monoisotopic (exact) mass is 164 g/mol. The van der Waals surface area contributed by atoms with Gasteiger partial charge in [-0.25, -0.2) is 4.79 Å². The minimum Gasteiger partial charge on any atom is -0.464 e. The van der Waals surface area contributed by atoms with Crippen LogP contribution in [0.1, 0.15) is 24.8 Å². The average Bonchev–Trinajstić information content (AvgIpc) is 2.00. The number of carbonyl (C=O) groups is 2. The second-order valence-corrected chi connectivity index (χ2v) is 1.99. The van der Waals surface area contributed by atoms with E-state index >= 15 is 0 Å². The molecular formula is C7H12O4. The Labute approximate surface area is 69.4 Å². The standard InChI is InChI=1S/C7H12O4/c1-4-11-6(9)7(3,10)5(2)8/h10H,4H2,1-3H3/i2+1,3D3. The summed E-state index contributed by atoms with van der Waals surface area (Å²) < 4.78 is 25.0. The lowest BCUT2D eigenvalue weighted by Crippen LogP contribution is -2.43. The van der Waals surface area contributed by atoms with Gasteiger partial charge in [-0.05, 0) is 20.7 Å². The van der Waals surface area contributed by atoms with Gasteiger partial charge in [0, 0.05) is 4.11 Å². The van der Waals surface area contributed by atoms with Crippen LogP contribution in [0.2, 0.25) is 0 Å². The third-order valence-electron chi connectivity index (χ3n) is 1.08. The number of Topliss-reactive ketones (excluding diaryl/α,β-unsaturated/α-hetero) is 1. The van der Waals surface area contributed by atoms with E-state index in [2.05, 4.69) is 4.74 Å². The molecule has 0 bridgehead atoms. The average molecular weight is 164 g/mol. The number of esters is 1. The highest BCUT2D eigenvalue weighted by atomic mass is 16.5. The number of ether oxygens (including phenoxy) is 1. The van der Waals surface area contributed by atoms with Gasteiger partial charge in [0.25, 0.3) is 0 Å². The lowest BCUT2D eigenvalue weighted by atomic mass is 10.1. The van der Waals surface area contributed by atoms with Crippen LogP contribution in [0, 0.1) is 0 Å². The van der Waals surface area contributed by atoms with Crippen molar-refractivity contribution in [3.05, 3.63) is 0 Å². The van der Waals surface area contributed by atoms with E-state index in [9.17, 15) is 14.7 Å². The van der Waals surface area contributed by atoms with Crippen molar-refractivity contribution in [2.75, 3.05) is 6.61 Å². The normalized spacial score (nSPS) is 20.5. The molecule has 0 aromatic carbocycles. The highest BCUT2D eigenvalue weighted by Crippen LogP contribution is 2.06. The van der Waals surface area contributed by atoms with Gasteiger partial charge in [-0.1, -0.05) is 0 Å². The van der Waals surface area contributed by atoms with Crippen molar-refractivity contribution >= 4 is 11.8 Å². The lowest BCUT2D eigenvalue weighted by Gasteiger charge is -2.16. The number of rotatable bonds is 3. The van der Waals surface area contributed by atoms with Gasteiger partial charge in [0.1, 0.15) is 0 Å². The summed E-state index contributed by atoms with van der Waals surface area (Å²) in [6.07, 6.45) is 0. The first-order valence-electron chi connectivity index (χ1n) is 4.58. The molecule has 0 aliphatic rings. The van der Waals surface area contributed by atoms with Crippen molar-refractivity contribution in [2.24, 2.45) is 0 Å². The summed E-state index contributed by atoms with van der Waals surface area (Å²) in [5.41, 5.74) is -3.05. The number of hydrogen-bond acceptors (Lipinski definition) is 4. The molecule has 0 aromatic heterocycles. The molecule has 1 atom stereocenters. The minimum absolute atomic E-state index is 0.107. The van der Waals surface area contributed by atoms with Crippen molar-refractivity contribution in [1.29, 1.82) is 0 Å². The summed E-state index contributed by atoms with van der Waals surface area (Å²) in [7, 11) is 0. The maximum Gasteiger partial charge on any atom is 0.345 e. The Morgan fingerprint density at radius 2 is 2.27 bits per heavy atom. The van der Waals surface area contributed by atoms with E-state index in [0.29, 0.717) is 0 Å². The molecule has 0 aliphatic heterocycles. The van der Waals surface area contributed by atoms with Gasteiger partial charge in [0.2, 0.25) is 5.60 Å². The minimum atomic E-state index is -3.12. The van der Waals surface area contributed by atoms with Gasteiger partial charge >= 0.3 is 5.97 Å². The molecule has 1 unspecified atom stereocenters. The highest BCUT2D eigenvalue weighted by molar-refractivity contribution is 6.05. The summed E-state index contributed by atoms with van der Waals surface area (Å²) in [6, 6.07) is 0. The molecule has 0 radical (unpaired) electrons. The van der Waals surface area contributed by atoms with Crippen LogP contribution in [0.15, 0.2) is 0 Å². The Morgan fingerprint density at radius 1 is 1.73 bits per heavy atom. The molecule has 0 amide bonds. The van der Waals surface area contributed by atoms with Crippen molar-refractivity contribution < 1.29 is 23.5 Å². The molecule has 0 saturated heterocycles. The topological polar surface area (TPSA) is 63.6 Å². The molecule has 4 nitrogen and oxygen atoms in total. The quantitative estimate of drug-likeness (QED) is 0.359. The summed E-state index contributed by atoms with van der Waals surface area (Å²) >= 11 is 0. The van der Waals surface area contributed by atoms with E-state index in [0.717, 1.165) is 6.92 Å². The van der Waals surface area contributed by atoms with Gasteiger partial charge < -0.3 is 9.84 Å². The Morgan fingerprint density at radius 3 is 2.55 bits per heavy atom. The molecule has 0 aromatic rings. The summed E-state index contributed by atoms with van der Waals surface area (Å²) in [5.74, 6) is -2.59. The predicted octanol–water partition coefficient (Wildman–Crippen LogP) is -0.111. The second-order valence-electron chi connectivity index (χ2n) is 1.99. The molecular weight excluding hydrogens is 149 g/mol. The van der Waals surface area contributed by atoms with Crippen LogP contribution in [0.3, 0.4) is 0 Å². The first-order valence-corrected chi connectivity index (χ1v) is 3.08. The number of aliphatic hydroxyl groups is 1. The van der Waals surface area contributed by atoms with Gasteiger partial charge in [0.05, 0.1) is 6.61 Å². The van der Waals surface area contributed by atoms with Gasteiger partial charge in [0.15, 0.2) is 5.78 Å². The maximum absolute atomic E-state index is 11.1. The molecule has 4 heteroatoms. The fraction of sp³-hybridized carbons (Fsp3) is 0.714. The molecule has 0 saturated carbocycles. The lowest BCUT2D eigenvalue weighted by molar-refractivity contribution is -0.167. The van der Waals surface area contributed by atoms with Gasteiger partial charge in [-0.3, -0.25) is 4.79 Å². The predicted molar refractivity (Wildman–Crippen MR) is 37.9 cm³/mol. The number of hydrogen-bond donors (Lipinski definition) is 1. The smallest absolute Gasteiger partial charge is 0.345 e. The largest absolute Gasteiger partial charge is 0.464 e. The van der Waals surface area contributed by atoms with E-state index in [1.165, 1.54) is 6.92 Å². The molecule has 0 fully saturated rings. The fourth-order valence-corrected chi connectivity index (χ4v) is 0.379. The van der Waals surface area contributed by atoms with Crippen LogP contribution in [0.4, 0.5) is 0 Å². The third-order valence-corrected chi connectivity index (χ3v) is 1.08. The van der Waals surface area contributed by atoms with Gasteiger partial charge in [-0.2, -0.15) is 0 Å². The number of carbonyl (C=O) groups excluding carboxylic acids is 2. The van der Waals surface area contributed by atoms with Crippen LogP contribution in [0.5, 0.6) is 0 Å². The fourth-order valence-electron chi connectivity index (χ4n) is 0.379. The van der Waals surface area contributed by atoms with Crippen LogP contribution in [-0.4, -0.2) is 29.1 Å². The van der Waals surface area contributed by atoms with Crippen LogP contribution in [0.25, 0.3) is 0 Å². The maximum atomic E-state index is 11.1. The molecule has 1 N–H and O–H groups in total. The Balaban J connectivity index is 5.12. The SMILES string of the molecule is [2H]C([2H])([2H])C(O)(C([13CH3])=O)C(=O)OCC. The van der Waals surface area contributed by atoms with Crippen LogP contribution < -0.4 is 0 Å². The number of ketones is 1. The Hall–Kier alpha value is -0.900. The van der Waals surface area contributed by atoms with Crippen molar-refractivity contribution in [2.45, 2.75) is 26.3 Å². The zero-order valence-electron chi connectivity index (χ0n) is 9.38. The van der Waals surface area contributed by atoms with Gasteiger partial charge in [-0.15, -0.1) is 0 Å². The zero-order valence-corrected chi connectivity index (χ0v) is 6.38. The second kappa shape index (κ2) is 3.48. The van der Waals surface area contributed by atoms with Crippen LogP contribution >= 0.6 is 0 Å². The Kier molecular flexibility index (Phi) is 1.81. The van der Waals surface area contributed by atoms with E-state index in [1.54, 1.807) is 0 Å². The van der Waals surface area contributed by atoms with Crippen molar-refractivity contribution in [3.63, 3.8) is 0 Å². The third kappa shape index (κ3) is 2.31. The van der Waals surface area contributed by atoms with E-state index in [-0.39, 0.29) is 6.61 Å². The summed E-state index contributed by atoms with van der Waals surface area (Å²) in [6.45, 7) is -0.961. The molecule has 64 valence electrons. The van der Waals surface area contributed by atoms with Crippen molar-refractivity contribution in [3.8, 4) is 0 Å². The first-order chi connectivity index (χ1) is 6.17. The summed E-state index contributed by atoms with van der Waals surface area (Å²) in [5, 5.41) is 9.44. The molecule has 0 heterocycles. The molecule has 11 heavy (non-hydrogen) atoms. The van der Waals surface area contributed by atoms with Crippen molar-refractivity contribution in [1.82, 2.24) is 0 Å². The highest BCUT2D eigenvalue weighted by Gasteiger charge is 2.36. The molecule has 0 rings (SSSR count). The molecule has 0 spiro atoms. The molecule has 0 aliphatic carbocycles. The zero-order chi connectivity index (χ0) is 11.6. The first kappa shape index (κ1) is 5.71.